The summed E-state index contributed by atoms with van der Waals surface area (Å²) in [6.07, 6.45) is 5.07. The van der Waals surface area contributed by atoms with Crippen LogP contribution in [0.4, 0.5) is 0 Å². The first-order valence-electron chi connectivity index (χ1n) is 8.61. The van der Waals surface area contributed by atoms with Gasteiger partial charge in [0.2, 0.25) is 0 Å². The molecule has 1 aromatic carbocycles. The van der Waals surface area contributed by atoms with E-state index < -0.39 is 0 Å². The van der Waals surface area contributed by atoms with Gasteiger partial charge in [0.25, 0.3) is 0 Å². The summed E-state index contributed by atoms with van der Waals surface area (Å²) in [5.74, 6) is 0. The third kappa shape index (κ3) is 5.12. The fraction of sp³-hybridized carbons (Fsp3) is 0.684. The fourth-order valence-electron chi connectivity index (χ4n) is 3.43. The quantitative estimate of drug-likeness (QED) is 0.887. The Morgan fingerprint density at radius 2 is 1.90 bits per heavy atom. The predicted molar refractivity (Wildman–Crippen MR) is 91.8 cm³/mol. The summed E-state index contributed by atoms with van der Waals surface area (Å²) in [6, 6.07) is 10.7. The van der Waals surface area contributed by atoms with Crippen LogP contribution in [0.1, 0.15) is 51.2 Å². The summed E-state index contributed by atoms with van der Waals surface area (Å²) < 4.78 is 0. The van der Waals surface area contributed by atoms with Gasteiger partial charge in [0, 0.05) is 18.1 Å². The minimum atomic E-state index is 0.557. The average Bonchev–Trinajstić information content (AvgIpc) is 2.67. The second kappa shape index (κ2) is 7.95. The Hall–Kier alpha value is -0.860. The van der Waals surface area contributed by atoms with Gasteiger partial charge in [0.1, 0.15) is 0 Å². The van der Waals surface area contributed by atoms with Crippen molar-refractivity contribution in [3.63, 3.8) is 0 Å². The molecule has 2 nitrogen and oxygen atoms in total. The summed E-state index contributed by atoms with van der Waals surface area (Å²) >= 11 is 0. The van der Waals surface area contributed by atoms with Gasteiger partial charge < -0.3 is 10.2 Å². The molecule has 0 aliphatic carbocycles. The van der Waals surface area contributed by atoms with E-state index in [9.17, 15) is 0 Å². The normalized spacial score (nSPS) is 22.2. The molecule has 1 fully saturated rings. The van der Waals surface area contributed by atoms with Gasteiger partial charge >= 0.3 is 0 Å². The van der Waals surface area contributed by atoms with Crippen LogP contribution in [-0.2, 0) is 6.42 Å². The van der Waals surface area contributed by atoms with Crippen LogP contribution >= 0.6 is 0 Å². The Kier molecular flexibility index (Phi) is 6.25. The summed E-state index contributed by atoms with van der Waals surface area (Å²) in [4.78, 5) is 2.62. The number of nitrogens with zero attached hydrogens (tertiary/aromatic N) is 1. The average molecular weight is 288 g/mol. The van der Waals surface area contributed by atoms with Crippen LogP contribution in [0.5, 0.6) is 0 Å². The van der Waals surface area contributed by atoms with Crippen molar-refractivity contribution in [3.8, 4) is 0 Å². The number of hydrogen-bond donors (Lipinski definition) is 1. The Bertz CT molecular complexity index is 427. The third-order valence-electron chi connectivity index (χ3n) is 4.80. The molecule has 0 saturated carbocycles. The summed E-state index contributed by atoms with van der Waals surface area (Å²) in [7, 11) is 0. The summed E-state index contributed by atoms with van der Waals surface area (Å²) in [5.41, 5.74) is 2.90. The van der Waals surface area contributed by atoms with Crippen LogP contribution < -0.4 is 5.32 Å². The fourth-order valence-corrected chi connectivity index (χ4v) is 3.43. The summed E-state index contributed by atoms with van der Waals surface area (Å²) in [5, 5.41) is 3.87. The summed E-state index contributed by atoms with van der Waals surface area (Å²) in [6.45, 7) is 11.7. The molecule has 1 aliphatic rings. The lowest BCUT2D eigenvalue weighted by molar-refractivity contribution is 0.228. The highest BCUT2D eigenvalue weighted by Gasteiger charge is 2.19. The van der Waals surface area contributed by atoms with Gasteiger partial charge in [0.05, 0.1) is 0 Å². The first-order chi connectivity index (χ1) is 10.1. The number of hydrogen-bond acceptors (Lipinski definition) is 2. The van der Waals surface area contributed by atoms with Crippen molar-refractivity contribution < 1.29 is 0 Å². The van der Waals surface area contributed by atoms with E-state index in [1.165, 1.54) is 43.5 Å². The third-order valence-corrected chi connectivity index (χ3v) is 4.80. The first kappa shape index (κ1) is 16.5. The first-order valence-corrected chi connectivity index (χ1v) is 8.61. The van der Waals surface area contributed by atoms with Crippen LogP contribution in [0, 0.1) is 6.92 Å². The van der Waals surface area contributed by atoms with Crippen LogP contribution in [0.15, 0.2) is 24.3 Å². The van der Waals surface area contributed by atoms with E-state index in [-0.39, 0.29) is 0 Å². The number of aryl methyl sites for hydroxylation is 1. The van der Waals surface area contributed by atoms with Crippen molar-refractivity contribution in [3.05, 3.63) is 35.4 Å². The lowest BCUT2D eigenvalue weighted by atomic mass is 10.0. The molecule has 118 valence electrons. The zero-order chi connectivity index (χ0) is 15.2. The number of benzene rings is 1. The van der Waals surface area contributed by atoms with Gasteiger partial charge in [-0.2, -0.15) is 0 Å². The number of likely N-dealkylation sites (tertiary alicyclic amines) is 1. The van der Waals surface area contributed by atoms with Crippen molar-refractivity contribution >= 4 is 0 Å². The molecule has 0 aromatic heterocycles. The molecule has 1 N–H and O–H groups in total. The molecular weight excluding hydrogens is 256 g/mol. The van der Waals surface area contributed by atoms with Gasteiger partial charge in [0.15, 0.2) is 0 Å². The maximum absolute atomic E-state index is 3.87. The molecule has 0 radical (unpaired) electrons. The monoisotopic (exact) mass is 288 g/mol. The van der Waals surface area contributed by atoms with Crippen molar-refractivity contribution in [2.75, 3.05) is 13.1 Å². The maximum atomic E-state index is 3.87. The zero-order valence-electron chi connectivity index (χ0n) is 14.2. The molecule has 2 heteroatoms. The Balaban J connectivity index is 1.82. The number of rotatable bonds is 5. The standard InChI is InChI=1S/C19H32N2/c1-15(2)21-12-7-10-19(11-13-21)20-17(4)14-18-9-6-5-8-16(18)3/h5-6,8-9,15,17,19-20H,7,10-14H2,1-4H3. The van der Waals surface area contributed by atoms with Crippen molar-refractivity contribution in [2.24, 2.45) is 0 Å². The molecule has 2 atom stereocenters. The topological polar surface area (TPSA) is 15.3 Å². The lowest BCUT2D eigenvalue weighted by Crippen LogP contribution is -2.39. The Morgan fingerprint density at radius 3 is 2.62 bits per heavy atom. The molecule has 0 bridgehead atoms. The van der Waals surface area contributed by atoms with Gasteiger partial charge in [-0.25, -0.2) is 0 Å². The van der Waals surface area contributed by atoms with E-state index in [0.29, 0.717) is 18.1 Å². The van der Waals surface area contributed by atoms with Gasteiger partial charge in [-0.15, -0.1) is 0 Å². The van der Waals surface area contributed by atoms with E-state index in [4.69, 9.17) is 0 Å². The highest BCUT2D eigenvalue weighted by molar-refractivity contribution is 5.26. The highest BCUT2D eigenvalue weighted by Crippen LogP contribution is 2.15. The largest absolute Gasteiger partial charge is 0.311 e. The van der Waals surface area contributed by atoms with Crippen molar-refractivity contribution in [2.45, 2.75) is 71.5 Å². The van der Waals surface area contributed by atoms with Gasteiger partial charge in [-0.1, -0.05) is 24.3 Å². The highest BCUT2D eigenvalue weighted by atomic mass is 15.1. The van der Waals surface area contributed by atoms with E-state index in [0.717, 1.165) is 6.42 Å². The van der Waals surface area contributed by atoms with Crippen LogP contribution in [0.25, 0.3) is 0 Å². The Morgan fingerprint density at radius 1 is 1.14 bits per heavy atom. The molecule has 21 heavy (non-hydrogen) atoms. The molecular formula is C19H32N2. The molecule has 1 heterocycles. The van der Waals surface area contributed by atoms with Crippen molar-refractivity contribution in [1.82, 2.24) is 10.2 Å². The zero-order valence-corrected chi connectivity index (χ0v) is 14.2. The molecule has 1 aliphatic heterocycles. The molecule has 1 aromatic rings. The molecule has 1 saturated heterocycles. The minimum Gasteiger partial charge on any atom is -0.311 e. The van der Waals surface area contributed by atoms with Crippen molar-refractivity contribution in [1.29, 1.82) is 0 Å². The lowest BCUT2D eigenvalue weighted by Gasteiger charge is -2.25. The smallest absolute Gasteiger partial charge is 0.00823 e. The second-order valence-corrected chi connectivity index (χ2v) is 6.96. The molecule has 0 amide bonds. The van der Waals surface area contributed by atoms with Gasteiger partial charge in [-0.3, -0.25) is 0 Å². The second-order valence-electron chi connectivity index (χ2n) is 6.96. The van der Waals surface area contributed by atoms with E-state index in [1.807, 2.05) is 0 Å². The molecule has 2 unspecified atom stereocenters. The minimum absolute atomic E-state index is 0.557. The van der Waals surface area contributed by atoms with Gasteiger partial charge in [-0.05, 0) is 77.6 Å². The van der Waals surface area contributed by atoms with Crippen LogP contribution in [0.2, 0.25) is 0 Å². The van der Waals surface area contributed by atoms with E-state index in [2.05, 4.69) is 62.2 Å². The molecule has 0 spiro atoms. The predicted octanol–water partition coefficient (Wildman–Crippen LogP) is 3.78. The maximum Gasteiger partial charge on any atom is 0.00823 e. The molecule has 2 rings (SSSR count). The van der Waals surface area contributed by atoms with E-state index in [1.54, 1.807) is 0 Å². The Labute approximate surface area is 130 Å². The number of nitrogens with one attached hydrogen (secondary N) is 1. The van der Waals surface area contributed by atoms with E-state index >= 15 is 0 Å². The van der Waals surface area contributed by atoms with Crippen LogP contribution in [-0.4, -0.2) is 36.1 Å². The van der Waals surface area contributed by atoms with Crippen LogP contribution in [0.3, 0.4) is 0 Å². The SMILES string of the molecule is Cc1ccccc1CC(C)NC1CCCN(C(C)C)CC1.